The Balaban J connectivity index is 4.00. The van der Waals surface area contributed by atoms with Gasteiger partial charge in [-0.1, -0.05) is 135 Å². The number of unbranched alkanes of at least 4 members (excludes halogenated alkanes) is 20. The first-order valence-corrected chi connectivity index (χ1v) is 17.0. The second kappa shape index (κ2) is 28.4. The Morgan fingerprint density at radius 2 is 0.914 bits per heavy atom. The molecule has 0 amide bonds. The van der Waals surface area contributed by atoms with Crippen molar-refractivity contribution in [2.24, 2.45) is 0 Å². The maximum absolute atomic E-state index is 13.2. The van der Waals surface area contributed by atoms with Gasteiger partial charge in [-0.25, -0.2) is 0 Å². The van der Waals surface area contributed by atoms with E-state index in [2.05, 4.69) is 13.8 Å². The SMILES string of the molecule is CCCCCCCCCCCCOP(=O)(/C=C/CCCCO)OCCCCCCCCCCCC. The lowest BCUT2D eigenvalue weighted by molar-refractivity contribution is 0.205. The normalized spacial score (nSPS) is 12.2. The monoisotopic (exact) mass is 516 g/mol. The minimum atomic E-state index is -3.17. The van der Waals surface area contributed by atoms with Gasteiger partial charge in [0.2, 0.25) is 0 Å². The molecule has 0 bridgehead atoms. The molecule has 35 heavy (non-hydrogen) atoms. The molecule has 0 unspecified atom stereocenters. The summed E-state index contributed by atoms with van der Waals surface area (Å²) in [6.45, 7) is 5.74. The van der Waals surface area contributed by atoms with Gasteiger partial charge in [0, 0.05) is 12.4 Å². The first-order valence-electron chi connectivity index (χ1n) is 15.4. The second-order valence-electron chi connectivity index (χ2n) is 10.2. The van der Waals surface area contributed by atoms with Crippen LogP contribution in [0.4, 0.5) is 0 Å². The van der Waals surface area contributed by atoms with E-state index in [0.717, 1.165) is 44.9 Å². The fourth-order valence-electron chi connectivity index (χ4n) is 4.26. The zero-order chi connectivity index (χ0) is 25.7. The molecule has 0 aliphatic carbocycles. The molecule has 210 valence electrons. The summed E-state index contributed by atoms with van der Waals surface area (Å²) in [6.07, 6.45) is 29.9. The molecule has 0 radical (unpaired) electrons. The Morgan fingerprint density at radius 3 is 1.29 bits per heavy atom. The molecular weight excluding hydrogens is 455 g/mol. The number of allylic oxidation sites excluding steroid dienone is 1. The highest BCUT2D eigenvalue weighted by molar-refractivity contribution is 7.57. The summed E-state index contributed by atoms with van der Waals surface area (Å²) in [6, 6.07) is 0. The predicted molar refractivity (Wildman–Crippen MR) is 153 cm³/mol. The number of aliphatic hydroxyl groups is 1. The largest absolute Gasteiger partial charge is 0.396 e. The van der Waals surface area contributed by atoms with Gasteiger partial charge in [-0.2, -0.15) is 0 Å². The third-order valence-electron chi connectivity index (χ3n) is 6.61. The quantitative estimate of drug-likeness (QED) is 0.0793. The van der Waals surface area contributed by atoms with E-state index < -0.39 is 7.60 Å². The summed E-state index contributed by atoms with van der Waals surface area (Å²) in [5.74, 6) is 1.66. The minimum absolute atomic E-state index is 0.204. The second-order valence-corrected chi connectivity index (χ2v) is 12.1. The summed E-state index contributed by atoms with van der Waals surface area (Å²) < 4.78 is 24.8. The fourth-order valence-corrected chi connectivity index (χ4v) is 5.68. The van der Waals surface area contributed by atoms with Crippen LogP contribution >= 0.6 is 7.60 Å². The van der Waals surface area contributed by atoms with Crippen LogP contribution in [0.15, 0.2) is 11.9 Å². The number of hydrogen-bond acceptors (Lipinski definition) is 4. The van der Waals surface area contributed by atoms with Crippen molar-refractivity contribution in [2.75, 3.05) is 19.8 Å². The summed E-state index contributed by atoms with van der Waals surface area (Å²) in [4.78, 5) is 0. The lowest BCUT2D eigenvalue weighted by Gasteiger charge is -2.15. The predicted octanol–water partition coefficient (Wildman–Crippen LogP) is 10.7. The zero-order valence-electron chi connectivity index (χ0n) is 23.7. The van der Waals surface area contributed by atoms with Crippen molar-refractivity contribution in [3.63, 3.8) is 0 Å². The van der Waals surface area contributed by atoms with E-state index in [1.807, 2.05) is 6.08 Å². The summed E-state index contributed by atoms with van der Waals surface area (Å²) in [5, 5.41) is 8.94. The van der Waals surface area contributed by atoms with Crippen molar-refractivity contribution in [3.05, 3.63) is 11.9 Å². The van der Waals surface area contributed by atoms with E-state index in [1.165, 1.54) is 103 Å². The molecule has 0 aromatic rings. The molecule has 5 heteroatoms. The Hall–Kier alpha value is -0.150. The van der Waals surface area contributed by atoms with Crippen molar-refractivity contribution in [1.82, 2.24) is 0 Å². The topological polar surface area (TPSA) is 55.8 Å². The third-order valence-corrected chi connectivity index (χ3v) is 8.27. The van der Waals surface area contributed by atoms with Crippen LogP contribution < -0.4 is 0 Å². The van der Waals surface area contributed by atoms with Crippen LogP contribution in [0.2, 0.25) is 0 Å². The molecule has 0 aliphatic rings. The molecule has 0 aliphatic heterocycles. The molecule has 1 N–H and O–H groups in total. The highest BCUT2D eigenvalue weighted by Gasteiger charge is 2.20. The van der Waals surface area contributed by atoms with Gasteiger partial charge in [-0.05, 0) is 32.1 Å². The van der Waals surface area contributed by atoms with Gasteiger partial charge < -0.3 is 14.2 Å². The van der Waals surface area contributed by atoms with E-state index in [1.54, 1.807) is 5.82 Å². The molecule has 0 saturated carbocycles. The van der Waals surface area contributed by atoms with E-state index in [-0.39, 0.29) is 6.61 Å². The van der Waals surface area contributed by atoms with Gasteiger partial charge in [0.25, 0.3) is 0 Å². The van der Waals surface area contributed by atoms with Crippen molar-refractivity contribution in [2.45, 2.75) is 162 Å². The van der Waals surface area contributed by atoms with Crippen LogP contribution in [0.3, 0.4) is 0 Å². The average Bonchev–Trinajstić information content (AvgIpc) is 2.86. The molecular formula is C30H61O4P. The maximum atomic E-state index is 13.2. The highest BCUT2D eigenvalue weighted by Crippen LogP contribution is 2.50. The molecule has 0 aromatic heterocycles. The van der Waals surface area contributed by atoms with Crippen LogP contribution in [-0.2, 0) is 13.6 Å². The van der Waals surface area contributed by atoms with Crippen LogP contribution in [0.25, 0.3) is 0 Å². The Bertz CT molecular complexity index is 451. The molecule has 0 heterocycles. The molecule has 0 fully saturated rings. The summed E-state index contributed by atoms with van der Waals surface area (Å²) in [7, 11) is -3.17. The van der Waals surface area contributed by atoms with Crippen molar-refractivity contribution >= 4 is 7.60 Å². The van der Waals surface area contributed by atoms with Crippen LogP contribution in [0, 0.1) is 0 Å². The summed E-state index contributed by atoms with van der Waals surface area (Å²) in [5.41, 5.74) is 0. The lowest BCUT2D eigenvalue weighted by Crippen LogP contribution is -1.98. The minimum Gasteiger partial charge on any atom is -0.396 e. The molecule has 4 nitrogen and oxygen atoms in total. The van der Waals surface area contributed by atoms with Crippen LogP contribution in [-0.4, -0.2) is 24.9 Å². The van der Waals surface area contributed by atoms with Crippen molar-refractivity contribution in [1.29, 1.82) is 0 Å². The van der Waals surface area contributed by atoms with Crippen molar-refractivity contribution < 1.29 is 18.7 Å². The lowest BCUT2D eigenvalue weighted by atomic mass is 10.1. The molecule has 0 aromatic carbocycles. The average molecular weight is 517 g/mol. The Labute approximate surface area is 219 Å². The smallest absolute Gasteiger partial charge is 0.353 e. The first-order chi connectivity index (χ1) is 17.2. The van der Waals surface area contributed by atoms with E-state index in [9.17, 15) is 4.57 Å². The first kappa shape index (κ1) is 34.9. The third kappa shape index (κ3) is 26.7. The Morgan fingerprint density at radius 1 is 0.543 bits per heavy atom. The highest BCUT2D eigenvalue weighted by atomic mass is 31.2. The van der Waals surface area contributed by atoms with Gasteiger partial charge in [0.15, 0.2) is 0 Å². The maximum Gasteiger partial charge on any atom is 0.353 e. The van der Waals surface area contributed by atoms with Crippen LogP contribution in [0.5, 0.6) is 0 Å². The van der Waals surface area contributed by atoms with Crippen LogP contribution in [0.1, 0.15) is 162 Å². The fraction of sp³-hybridized carbons (Fsp3) is 0.933. The standard InChI is InChI=1S/C30H61O4P/c1-3-5-7-9-11-13-15-17-20-24-28-33-35(32,30-26-22-19-23-27-31)34-29-25-21-18-16-14-12-10-8-6-4-2/h26,30-31H,3-25,27-29H2,1-2H3/b30-26+. The van der Waals surface area contributed by atoms with Gasteiger partial charge in [-0.3, -0.25) is 4.57 Å². The Kier molecular flexibility index (Phi) is 28.3. The number of hydrogen-bond donors (Lipinski definition) is 1. The van der Waals surface area contributed by atoms with E-state index in [4.69, 9.17) is 14.2 Å². The van der Waals surface area contributed by atoms with Gasteiger partial charge in [0.05, 0.1) is 13.2 Å². The van der Waals surface area contributed by atoms with Gasteiger partial charge in [-0.15, -0.1) is 0 Å². The molecule has 0 saturated heterocycles. The van der Waals surface area contributed by atoms with Gasteiger partial charge in [0.1, 0.15) is 0 Å². The van der Waals surface area contributed by atoms with Gasteiger partial charge >= 0.3 is 7.60 Å². The summed E-state index contributed by atoms with van der Waals surface area (Å²) >= 11 is 0. The number of rotatable bonds is 29. The molecule has 0 atom stereocenters. The molecule has 0 rings (SSSR count). The zero-order valence-corrected chi connectivity index (χ0v) is 24.6. The number of aliphatic hydroxyl groups excluding tert-OH is 1. The molecule has 0 spiro atoms. The van der Waals surface area contributed by atoms with Crippen molar-refractivity contribution in [3.8, 4) is 0 Å². The van der Waals surface area contributed by atoms with E-state index in [0.29, 0.717) is 13.2 Å². The van der Waals surface area contributed by atoms with E-state index >= 15 is 0 Å².